The molecule has 0 atom stereocenters. The lowest BCUT2D eigenvalue weighted by molar-refractivity contribution is 0.103. The summed E-state index contributed by atoms with van der Waals surface area (Å²) in [5.41, 5.74) is 2.58. The number of thiazole rings is 1. The van der Waals surface area contributed by atoms with E-state index in [-0.39, 0.29) is 5.91 Å². The maximum absolute atomic E-state index is 12.6. The Morgan fingerprint density at radius 1 is 1.20 bits per heavy atom. The van der Waals surface area contributed by atoms with E-state index in [1.165, 1.54) is 23.9 Å². The van der Waals surface area contributed by atoms with Crippen LogP contribution in [0.4, 0.5) is 16.6 Å². The highest BCUT2D eigenvalue weighted by Gasteiger charge is 2.14. The average molecular weight is 351 g/mol. The van der Waals surface area contributed by atoms with Crippen LogP contribution >= 0.6 is 11.3 Å². The molecule has 0 aliphatic rings. The van der Waals surface area contributed by atoms with Gasteiger partial charge in [0.05, 0.1) is 23.6 Å². The summed E-state index contributed by atoms with van der Waals surface area (Å²) in [4.78, 5) is 25.2. The van der Waals surface area contributed by atoms with E-state index in [4.69, 9.17) is 0 Å². The fraction of sp³-hybridized carbons (Fsp3) is 0.0625. The standard InChI is InChI=1S/C16H13N7OS/c1-9-2-3-11-10(6-20-23-11)14(9)22-15(24)12-7-18-16(25-12)21-13-4-5-17-8-19-13/h2-8H,1H3,(H,20,23)(H,22,24)(H,17,18,19,21). The van der Waals surface area contributed by atoms with E-state index in [0.717, 1.165) is 22.2 Å². The van der Waals surface area contributed by atoms with Crippen LogP contribution in [-0.2, 0) is 0 Å². The molecule has 0 unspecified atom stereocenters. The van der Waals surface area contributed by atoms with Gasteiger partial charge < -0.3 is 10.6 Å². The topological polar surface area (TPSA) is 108 Å². The minimum absolute atomic E-state index is 0.218. The van der Waals surface area contributed by atoms with Gasteiger partial charge in [0.2, 0.25) is 0 Å². The molecule has 0 bridgehead atoms. The van der Waals surface area contributed by atoms with E-state index >= 15 is 0 Å². The Morgan fingerprint density at radius 3 is 2.96 bits per heavy atom. The molecule has 8 nitrogen and oxygen atoms in total. The largest absolute Gasteiger partial charge is 0.320 e. The first-order valence-corrected chi connectivity index (χ1v) is 8.25. The number of amides is 1. The normalized spacial score (nSPS) is 10.8. The number of aromatic nitrogens is 5. The minimum atomic E-state index is -0.218. The highest BCUT2D eigenvalue weighted by molar-refractivity contribution is 7.17. The van der Waals surface area contributed by atoms with Gasteiger partial charge in [-0.1, -0.05) is 17.4 Å². The Bertz CT molecular complexity index is 1040. The first kappa shape index (κ1) is 15.2. The second-order valence-corrected chi connectivity index (χ2v) is 6.32. The summed E-state index contributed by atoms with van der Waals surface area (Å²) in [6.07, 6.45) is 6.31. The first-order chi connectivity index (χ1) is 12.2. The van der Waals surface area contributed by atoms with Gasteiger partial charge in [-0.15, -0.1) is 0 Å². The first-order valence-electron chi connectivity index (χ1n) is 7.43. The summed E-state index contributed by atoms with van der Waals surface area (Å²) in [5.74, 6) is 0.403. The maximum Gasteiger partial charge on any atom is 0.267 e. The van der Waals surface area contributed by atoms with Gasteiger partial charge in [-0.05, 0) is 24.6 Å². The number of hydrogen-bond acceptors (Lipinski definition) is 7. The Kier molecular flexibility index (Phi) is 3.82. The lowest BCUT2D eigenvalue weighted by Crippen LogP contribution is -2.11. The maximum atomic E-state index is 12.6. The number of hydrogen-bond donors (Lipinski definition) is 3. The number of benzene rings is 1. The number of nitrogens with zero attached hydrogens (tertiary/aromatic N) is 4. The van der Waals surface area contributed by atoms with Crippen LogP contribution in [-0.4, -0.2) is 31.1 Å². The third-order valence-corrected chi connectivity index (χ3v) is 4.53. The van der Waals surface area contributed by atoms with Crippen LogP contribution in [0.3, 0.4) is 0 Å². The fourth-order valence-corrected chi connectivity index (χ4v) is 3.10. The molecule has 3 heterocycles. The predicted octanol–water partition coefficient (Wildman–Crippen LogP) is 3.11. The van der Waals surface area contributed by atoms with Crippen LogP contribution in [0.1, 0.15) is 15.2 Å². The van der Waals surface area contributed by atoms with E-state index < -0.39 is 0 Å². The van der Waals surface area contributed by atoms with Crippen molar-refractivity contribution >= 4 is 44.8 Å². The van der Waals surface area contributed by atoms with Crippen LogP contribution in [0, 0.1) is 6.92 Å². The molecule has 0 saturated heterocycles. The molecule has 0 spiro atoms. The number of nitrogens with one attached hydrogen (secondary N) is 3. The van der Waals surface area contributed by atoms with Gasteiger partial charge in [-0.3, -0.25) is 9.89 Å². The molecule has 3 N–H and O–H groups in total. The van der Waals surface area contributed by atoms with E-state index in [9.17, 15) is 4.79 Å². The van der Waals surface area contributed by atoms with Crippen molar-refractivity contribution in [2.75, 3.05) is 10.6 Å². The number of aryl methyl sites for hydroxylation is 1. The van der Waals surface area contributed by atoms with Crippen molar-refractivity contribution in [3.05, 3.63) is 53.6 Å². The molecular weight excluding hydrogens is 338 g/mol. The van der Waals surface area contributed by atoms with E-state index in [0.29, 0.717) is 15.8 Å². The van der Waals surface area contributed by atoms with Gasteiger partial charge in [0, 0.05) is 11.6 Å². The number of rotatable bonds is 4. The van der Waals surface area contributed by atoms with Crippen molar-refractivity contribution in [2.24, 2.45) is 0 Å². The second kappa shape index (κ2) is 6.29. The minimum Gasteiger partial charge on any atom is -0.320 e. The van der Waals surface area contributed by atoms with Crippen molar-refractivity contribution < 1.29 is 4.79 Å². The molecule has 0 saturated carbocycles. The number of fused-ring (bicyclic) bond motifs is 1. The number of carbonyl (C=O) groups is 1. The average Bonchev–Trinajstić information content (AvgIpc) is 3.27. The SMILES string of the molecule is Cc1ccc2[nH]ncc2c1NC(=O)c1cnc(Nc2ccncn2)s1. The van der Waals surface area contributed by atoms with Crippen LogP contribution in [0.25, 0.3) is 10.9 Å². The predicted molar refractivity (Wildman–Crippen MR) is 96.2 cm³/mol. The van der Waals surface area contributed by atoms with Crippen molar-refractivity contribution in [2.45, 2.75) is 6.92 Å². The Balaban J connectivity index is 1.55. The van der Waals surface area contributed by atoms with Crippen molar-refractivity contribution in [3.63, 3.8) is 0 Å². The van der Waals surface area contributed by atoms with Gasteiger partial charge in [-0.2, -0.15) is 5.10 Å². The monoisotopic (exact) mass is 351 g/mol. The molecule has 3 aromatic heterocycles. The number of aromatic amines is 1. The highest BCUT2D eigenvalue weighted by atomic mass is 32.1. The lowest BCUT2D eigenvalue weighted by Gasteiger charge is -2.08. The van der Waals surface area contributed by atoms with Crippen LogP contribution in [0.2, 0.25) is 0 Å². The van der Waals surface area contributed by atoms with Crippen molar-refractivity contribution in [3.8, 4) is 0 Å². The fourth-order valence-electron chi connectivity index (χ4n) is 2.38. The Labute approximate surface area is 146 Å². The number of anilines is 3. The lowest BCUT2D eigenvalue weighted by atomic mass is 10.1. The molecule has 0 aliphatic carbocycles. The molecule has 0 radical (unpaired) electrons. The molecule has 124 valence electrons. The smallest absolute Gasteiger partial charge is 0.267 e. The second-order valence-electron chi connectivity index (χ2n) is 5.29. The summed E-state index contributed by atoms with van der Waals surface area (Å²) in [6, 6.07) is 5.60. The van der Waals surface area contributed by atoms with Gasteiger partial charge in [0.15, 0.2) is 5.13 Å². The summed E-state index contributed by atoms with van der Waals surface area (Å²) in [7, 11) is 0. The molecule has 25 heavy (non-hydrogen) atoms. The van der Waals surface area contributed by atoms with Gasteiger partial charge >= 0.3 is 0 Å². The Hall–Kier alpha value is -3.33. The van der Waals surface area contributed by atoms with Gasteiger partial charge in [-0.25, -0.2) is 15.0 Å². The molecular formula is C16H13N7OS. The third kappa shape index (κ3) is 3.04. The zero-order valence-electron chi connectivity index (χ0n) is 13.1. The summed E-state index contributed by atoms with van der Waals surface area (Å²) < 4.78 is 0. The van der Waals surface area contributed by atoms with Gasteiger partial charge in [0.25, 0.3) is 5.91 Å². The van der Waals surface area contributed by atoms with Crippen LogP contribution in [0.5, 0.6) is 0 Å². The van der Waals surface area contributed by atoms with Crippen LogP contribution < -0.4 is 10.6 Å². The highest BCUT2D eigenvalue weighted by Crippen LogP contribution is 2.27. The van der Waals surface area contributed by atoms with Crippen LogP contribution in [0.15, 0.2) is 43.1 Å². The summed E-state index contributed by atoms with van der Waals surface area (Å²) in [5, 5.41) is 14.4. The summed E-state index contributed by atoms with van der Waals surface area (Å²) >= 11 is 1.25. The van der Waals surface area contributed by atoms with E-state index in [2.05, 4.69) is 35.8 Å². The van der Waals surface area contributed by atoms with Crippen molar-refractivity contribution in [1.82, 2.24) is 25.1 Å². The molecule has 0 fully saturated rings. The quantitative estimate of drug-likeness (QED) is 0.521. The zero-order chi connectivity index (χ0) is 17.2. The Morgan fingerprint density at radius 2 is 2.12 bits per heavy atom. The van der Waals surface area contributed by atoms with E-state index in [1.807, 2.05) is 19.1 Å². The van der Waals surface area contributed by atoms with Crippen molar-refractivity contribution in [1.29, 1.82) is 0 Å². The summed E-state index contributed by atoms with van der Waals surface area (Å²) in [6.45, 7) is 1.94. The molecule has 1 amide bonds. The number of H-pyrrole nitrogens is 1. The molecule has 0 aliphatic heterocycles. The zero-order valence-corrected chi connectivity index (χ0v) is 14.0. The van der Waals surface area contributed by atoms with E-state index in [1.54, 1.807) is 18.5 Å². The molecule has 9 heteroatoms. The molecule has 4 rings (SSSR count). The number of carbonyl (C=O) groups excluding carboxylic acids is 1. The third-order valence-electron chi connectivity index (χ3n) is 3.62. The molecule has 4 aromatic rings. The molecule has 1 aromatic carbocycles. The van der Waals surface area contributed by atoms with Gasteiger partial charge in [0.1, 0.15) is 17.0 Å².